The normalized spacial score (nSPS) is 25.1. The summed E-state index contributed by atoms with van der Waals surface area (Å²) in [5.74, 6) is 0. The van der Waals surface area contributed by atoms with Gasteiger partial charge in [-0.1, -0.05) is 0 Å². The minimum absolute atomic E-state index is 0.227. The highest BCUT2D eigenvalue weighted by atomic mass is 16.6. The van der Waals surface area contributed by atoms with Gasteiger partial charge in [0.1, 0.15) is 0 Å². The Morgan fingerprint density at radius 2 is 2.55 bits per heavy atom. The van der Waals surface area contributed by atoms with Gasteiger partial charge in [-0.2, -0.15) is 0 Å². The fourth-order valence-corrected chi connectivity index (χ4v) is 1.26. The van der Waals surface area contributed by atoms with Gasteiger partial charge in [0.15, 0.2) is 0 Å². The van der Waals surface area contributed by atoms with Crippen molar-refractivity contribution >= 4 is 6.09 Å². The number of hydrogen-bond donors (Lipinski definition) is 1. The second kappa shape index (κ2) is 3.57. The summed E-state index contributed by atoms with van der Waals surface area (Å²) < 4.78 is 4.81. The van der Waals surface area contributed by atoms with Crippen LogP contribution in [0.25, 0.3) is 0 Å². The Balaban J connectivity index is 2.44. The number of amides is 1. The van der Waals surface area contributed by atoms with Crippen LogP contribution in [0.1, 0.15) is 12.8 Å². The summed E-state index contributed by atoms with van der Waals surface area (Å²) in [4.78, 5) is 12.6. The first-order chi connectivity index (χ1) is 5.25. The number of cyclic esters (lactones) is 1. The molecule has 1 aliphatic heterocycles. The number of rotatable bonds is 2. The number of nitrogens with two attached hydrogens (primary N) is 1. The van der Waals surface area contributed by atoms with Gasteiger partial charge in [0.05, 0.1) is 6.61 Å². The molecule has 1 heterocycles. The van der Waals surface area contributed by atoms with Crippen molar-refractivity contribution in [1.82, 2.24) is 4.90 Å². The van der Waals surface area contributed by atoms with E-state index in [4.69, 9.17) is 10.5 Å². The number of carbonyl (C=O) groups excluding carboxylic acids is 1. The number of carbonyl (C=O) groups is 1. The van der Waals surface area contributed by atoms with Crippen LogP contribution in [0.2, 0.25) is 0 Å². The highest BCUT2D eigenvalue weighted by molar-refractivity contribution is 5.68. The predicted molar refractivity (Wildman–Crippen MR) is 41.2 cm³/mol. The maximum atomic E-state index is 10.9. The van der Waals surface area contributed by atoms with Gasteiger partial charge in [0, 0.05) is 19.5 Å². The van der Waals surface area contributed by atoms with E-state index >= 15 is 0 Å². The number of hydrogen-bond acceptors (Lipinski definition) is 3. The maximum Gasteiger partial charge on any atom is 0.409 e. The lowest BCUT2D eigenvalue weighted by Crippen LogP contribution is -2.43. The second-order valence-electron chi connectivity index (χ2n) is 2.75. The van der Waals surface area contributed by atoms with Gasteiger partial charge in [0.25, 0.3) is 0 Å². The van der Waals surface area contributed by atoms with E-state index in [1.807, 2.05) is 0 Å². The zero-order chi connectivity index (χ0) is 8.27. The second-order valence-corrected chi connectivity index (χ2v) is 2.75. The van der Waals surface area contributed by atoms with E-state index in [1.54, 1.807) is 11.9 Å². The van der Waals surface area contributed by atoms with Gasteiger partial charge < -0.3 is 15.4 Å². The third-order valence-corrected chi connectivity index (χ3v) is 2.01. The molecule has 2 N–H and O–H groups in total. The minimum Gasteiger partial charge on any atom is -0.449 e. The van der Waals surface area contributed by atoms with Gasteiger partial charge in [-0.3, -0.25) is 0 Å². The molecule has 1 saturated heterocycles. The van der Waals surface area contributed by atoms with Gasteiger partial charge in [-0.05, 0) is 13.0 Å². The van der Waals surface area contributed by atoms with Crippen molar-refractivity contribution in [1.29, 1.82) is 0 Å². The van der Waals surface area contributed by atoms with Crippen LogP contribution in [0.4, 0.5) is 4.79 Å². The van der Waals surface area contributed by atoms with Crippen LogP contribution in [0.15, 0.2) is 0 Å². The average molecular weight is 158 g/mol. The van der Waals surface area contributed by atoms with Crippen LogP contribution < -0.4 is 5.73 Å². The van der Waals surface area contributed by atoms with Gasteiger partial charge in [-0.25, -0.2) is 4.79 Å². The molecule has 1 rings (SSSR count). The molecule has 1 amide bonds. The molecular weight excluding hydrogens is 144 g/mol. The highest BCUT2D eigenvalue weighted by Crippen LogP contribution is 2.13. The lowest BCUT2D eigenvalue weighted by Gasteiger charge is -2.31. The molecule has 0 radical (unpaired) electrons. The standard InChI is InChI=1S/C7H14N2O2/c1-9-6(2-4-8)3-5-11-7(9)10/h6H,2-5,8H2,1H3. The van der Waals surface area contributed by atoms with Crippen molar-refractivity contribution < 1.29 is 9.53 Å². The number of nitrogens with zero attached hydrogens (tertiary/aromatic N) is 1. The van der Waals surface area contributed by atoms with E-state index in [1.165, 1.54) is 0 Å². The van der Waals surface area contributed by atoms with Crippen molar-refractivity contribution in [3.63, 3.8) is 0 Å². The quantitative estimate of drug-likeness (QED) is 0.623. The summed E-state index contributed by atoms with van der Waals surface area (Å²) >= 11 is 0. The zero-order valence-corrected chi connectivity index (χ0v) is 6.75. The Bertz CT molecular complexity index is 147. The zero-order valence-electron chi connectivity index (χ0n) is 6.75. The molecule has 0 aromatic rings. The molecule has 0 saturated carbocycles. The maximum absolute atomic E-state index is 10.9. The molecule has 4 heteroatoms. The van der Waals surface area contributed by atoms with Crippen LogP contribution in [0.5, 0.6) is 0 Å². The summed E-state index contributed by atoms with van der Waals surface area (Å²) in [6.45, 7) is 1.16. The molecule has 1 atom stereocenters. The molecule has 0 aromatic carbocycles. The third-order valence-electron chi connectivity index (χ3n) is 2.01. The molecule has 1 aliphatic rings. The first kappa shape index (κ1) is 8.33. The molecule has 0 spiro atoms. The molecule has 1 fully saturated rings. The molecule has 1 unspecified atom stereocenters. The Labute approximate surface area is 66.3 Å². The van der Waals surface area contributed by atoms with E-state index in [0.717, 1.165) is 12.8 Å². The van der Waals surface area contributed by atoms with Crippen molar-refractivity contribution in [3.05, 3.63) is 0 Å². The van der Waals surface area contributed by atoms with Crippen molar-refractivity contribution in [2.45, 2.75) is 18.9 Å². The molecule has 64 valence electrons. The van der Waals surface area contributed by atoms with Crippen molar-refractivity contribution in [3.8, 4) is 0 Å². The Hall–Kier alpha value is -0.770. The topological polar surface area (TPSA) is 55.6 Å². The minimum atomic E-state index is -0.227. The molecular formula is C7H14N2O2. The van der Waals surface area contributed by atoms with Crippen LogP contribution in [-0.4, -0.2) is 37.2 Å². The van der Waals surface area contributed by atoms with E-state index < -0.39 is 0 Å². The van der Waals surface area contributed by atoms with Crippen LogP contribution in [-0.2, 0) is 4.74 Å². The largest absolute Gasteiger partial charge is 0.449 e. The lowest BCUT2D eigenvalue weighted by molar-refractivity contribution is 0.0546. The number of ether oxygens (including phenoxy) is 1. The third kappa shape index (κ3) is 1.83. The molecule has 11 heavy (non-hydrogen) atoms. The van der Waals surface area contributed by atoms with Gasteiger partial charge in [-0.15, -0.1) is 0 Å². The van der Waals surface area contributed by atoms with Gasteiger partial charge in [0.2, 0.25) is 0 Å². The fourth-order valence-electron chi connectivity index (χ4n) is 1.26. The first-order valence-corrected chi connectivity index (χ1v) is 3.85. The summed E-state index contributed by atoms with van der Waals surface area (Å²) in [5, 5.41) is 0. The summed E-state index contributed by atoms with van der Waals surface area (Å²) in [5.41, 5.74) is 5.39. The summed E-state index contributed by atoms with van der Waals surface area (Å²) in [6.07, 6.45) is 1.54. The lowest BCUT2D eigenvalue weighted by atomic mass is 10.1. The van der Waals surface area contributed by atoms with E-state index in [0.29, 0.717) is 13.2 Å². The highest BCUT2D eigenvalue weighted by Gasteiger charge is 2.24. The average Bonchev–Trinajstić information content (AvgIpc) is 1.99. The van der Waals surface area contributed by atoms with Crippen LogP contribution >= 0.6 is 0 Å². The molecule has 4 nitrogen and oxygen atoms in total. The SMILES string of the molecule is CN1C(=O)OCCC1CCN. The van der Waals surface area contributed by atoms with Crippen molar-refractivity contribution in [2.75, 3.05) is 20.2 Å². The van der Waals surface area contributed by atoms with Gasteiger partial charge >= 0.3 is 6.09 Å². The van der Waals surface area contributed by atoms with Crippen molar-refractivity contribution in [2.24, 2.45) is 5.73 Å². The molecule has 0 aromatic heterocycles. The Morgan fingerprint density at radius 3 is 3.18 bits per heavy atom. The van der Waals surface area contributed by atoms with E-state index in [9.17, 15) is 4.79 Å². The predicted octanol–water partition coefficient (Wildman–Crippen LogP) is 0.176. The summed E-state index contributed by atoms with van der Waals surface area (Å²) in [7, 11) is 1.75. The Kier molecular flexibility index (Phi) is 2.70. The Morgan fingerprint density at radius 1 is 1.82 bits per heavy atom. The molecule has 0 bridgehead atoms. The van der Waals surface area contributed by atoms with Crippen LogP contribution in [0, 0.1) is 0 Å². The van der Waals surface area contributed by atoms with Crippen LogP contribution in [0.3, 0.4) is 0 Å². The summed E-state index contributed by atoms with van der Waals surface area (Å²) in [6, 6.07) is 0.279. The smallest absolute Gasteiger partial charge is 0.409 e. The monoisotopic (exact) mass is 158 g/mol. The first-order valence-electron chi connectivity index (χ1n) is 3.85. The van der Waals surface area contributed by atoms with E-state index in [-0.39, 0.29) is 12.1 Å². The molecule has 0 aliphatic carbocycles. The fraction of sp³-hybridized carbons (Fsp3) is 0.857. The van der Waals surface area contributed by atoms with E-state index in [2.05, 4.69) is 0 Å².